The second-order valence-corrected chi connectivity index (χ2v) is 7.88. The van der Waals surface area contributed by atoms with Gasteiger partial charge in [-0.25, -0.2) is 0 Å². The van der Waals surface area contributed by atoms with Crippen LogP contribution >= 0.6 is 11.3 Å². The number of benzene rings is 3. The van der Waals surface area contributed by atoms with Crippen molar-refractivity contribution in [3.05, 3.63) is 102 Å². The van der Waals surface area contributed by atoms with Crippen molar-refractivity contribution in [3.63, 3.8) is 0 Å². The van der Waals surface area contributed by atoms with Gasteiger partial charge >= 0.3 is 0 Å². The molecule has 0 N–H and O–H groups in total. The molecule has 0 fully saturated rings. The number of methoxy groups -OCH3 is 2. The van der Waals surface area contributed by atoms with E-state index in [0.29, 0.717) is 0 Å². The molecular weight excluding hydrogens is 388 g/mol. The zero-order valence-corrected chi connectivity index (χ0v) is 17.9. The zero-order chi connectivity index (χ0) is 20.8. The lowest BCUT2D eigenvalue weighted by Crippen LogP contribution is -1.90. The van der Waals surface area contributed by atoms with E-state index in [-0.39, 0.29) is 0 Å². The first kappa shape index (κ1) is 19.9. The summed E-state index contributed by atoms with van der Waals surface area (Å²) in [6.07, 6.45) is 4.25. The summed E-state index contributed by atoms with van der Waals surface area (Å²) >= 11 is 1.81. The van der Waals surface area contributed by atoms with Crippen LogP contribution in [0.15, 0.2) is 91.0 Å². The van der Waals surface area contributed by atoms with E-state index in [1.165, 1.54) is 20.9 Å². The van der Waals surface area contributed by atoms with Crippen molar-refractivity contribution in [1.82, 2.24) is 0 Å². The summed E-state index contributed by atoms with van der Waals surface area (Å²) in [6.45, 7) is 0. The first-order valence-electron chi connectivity index (χ1n) is 9.76. The summed E-state index contributed by atoms with van der Waals surface area (Å²) < 4.78 is 10.8. The van der Waals surface area contributed by atoms with Gasteiger partial charge in [0.05, 0.1) is 14.2 Å². The molecule has 0 radical (unpaired) electrons. The Labute approximate surface area is 181 Å². The van der Waals surface area contributed by atoms with Crippen molar-refractivity contribution in [3.8, 4) is 32.4 Å². The molecule has 1 aromatic heterocycles. The third kappa shape index (κ3) is 4.58. The van der Waals surface area contributed by atoms with Crippen LogP contribution in [0.4, 0.5) is 0 Å². The van der Waals surface area contributed by atoms with Crippen LogP contribution in [0.25, 0.3) is 33.0 Å². The normalized spacial score (nSPS) is 10.9. The molecule has 148 valence electrons. The molecule has 0 aliphatic rings. The van der Waals surface area contributed by atoms with Crippen LogP contribution in [0.3, 0.4) is 0 Å². The summed E-state index contributed by atoms with van der Waals surface area (Å²) in [5.74, 6) is 1.46. The van der Waals surface area contributed by atoms with E-state index in [4.69, 9.17) is 9.47 Å². The summed E-state index contributed by atoms with van der Waals surface area (Å²) in [7, 11) is 3.30. The Morgan fingerprint density at radius 1 is 0.567 bits per heavy atom. The molecule has 4 rings (SSSR count). The van der Waals surface area contributed by atoms with E-state index in [0.717, 1.165) is 22.6 Å². The molecule has 0 spiro atoms. The van der Waals surface area contributed by atoms with Gasteiger partial charge in [-0.15, -0.1) is 0 Å². The van der Waals surface area contributed by atoms with Crippen LogP contribution in [0, 0.1) is 0 Å². The average molecular weight is 412 g/mol. The van der Waals surface area contributed by atoms with Gasteiger partial charge in [0.1, 0.15) is 0 Å². The molecule has 0 unspecified atom stereocenters. The van der Waals surface area contributed by atoms with Crippen molar-refractivity contribution in [2.24, 2.45) is 0 Å². The minimum absolute atomic E-state index is 0.727. The quantitative estimate of drug-likeness (QED) is 0.305. The topological polar surface area (TPSA) is 18.5 Å². The van der Waals surface area contributed by atoms with Gasteiger partial charge in [-0.2, -0.15) is 0 Å². The average Bonchev–Trinajstić information content (AvgIpc) is 2.83. The minimum Gasteiger partial charge on any atom is -0.493 e. The fourth-order valence-corrected chi connectivity index (χ4v) is 4.39. The number of hydrogen-bond donors (Lipinski definition) is 0. The summed E-state index contributed by atoms with van der Waals surface area (Å²) in [4.78, 5) is 2.48. The molecular formula is C27H23O2S+. The molecule has 0 amide bonds. The third-order valence-corrected chi connectivity index (χ3v) is 5.95. The van der Waals surface area contributed by atoms with Crippen LogP contribution in [-0.4, -0.2) is 14.2 Å². The third-order valence-electron chi connectivity index (χ3n) is 4.81. The van der Waals surface area contributed by atoms with Crippen LogP contribution in [0.2, 0.25) is 0 Å². The second-order valence-electron chi connectivity index (χ2n) is 6.80. The molecule has 3 aromatic carbocycles. The van der Waals surface area contributed by atoms with Crippen molar-refractivity contribution >= 4 is 23.5 Å². The lowest BCUT2D eigenvalue weighted by molar-refractivity contribution is 0.355. The molecule has 0 saturated heterocycles. The van der Waals surface area contributed by atoms with Gasteiger partial charge in [-0.3, -0.25) is 0 Å². The maximum Gasteiger partial charge on any atom is 0.239 e. The Kier molecular flexibility index (Phi) is 6.21. The molecule has 4 aromatic rings. The van der Waals surface area contributed by atoms with Gasteiger partial charge < -0.3 is 9.47 Å². The largest absolute Gasteiger partial charge is 0.493 e. The van der Waals surface area contributed by atoms with Crippen molar-refractivity contribution in [2.75, 3.05) is 14.2 Å². The molecule has 3 heteroatoms. The SMILES string of the molecule is COc1ccc(C=Cc2cc(-c3ccccc3)[s+]c(-c3ccccc3)c2)cc1OC. The Morgan fingerprint density at radius 2 is 1.10 bits per heavy atom. The highest BCUT2D eigenvalue weighted by molar-refractivity contribution is 7.18. The zero-order valence-electron chi connectivity index (χ0n) is 17.0. The molecule has 0 aliphatic carbocycles. The molecule has 1 heterocycles. The lowest BCUT2D eigenvalue weighted by Gasteiger charge is -2.07. The predicted molar refractivity (Wildman–Crippen MR) is 128 cm³/mol. The standard InChI is InChI=1S/C27H23O2S/c1-28-24-16-15-20(17-25(24)29-2)13-14-21-18-26(22-9-5-3-6-10-22)30-27(19-21)23-11-7-4-8-12-23/h3-19H,1-2H3/q+1. The highest BCUT2D eigenvalue weighted by Crippen LogP contribution is 2.35. The Morgan fingerprint density at radius 3 is 1.63 bits per heavy atom. The molecule has 0 bridgehead atoms. The summed E-state index contributed by atoms with van der Waals surface area (Å²) in [5.41, 5.74) is 4.66. The smallest absolute Gasteiger partial charge is 0.239 e. The number of ether oxygens (including phenoxy) is 2. The molecule has 2 nitrogen and oxygen atoms in total. The Balaban J connectivity index is 1.74. The van der Waals surface area contributed by atoms with E-state index in [1.54, 1.807) is 25.6 Å². The van der Waals surface area contributed by atoms with E-state index in [2.05, 4.69) is 72.8 Å². The van der Waals surface area contributed by atoms with Gasteiger partial charge in [-0.05, 0) is 47.5 Å². The van der Waals surface area contributed by atoms with Crippen LogP contribution < -0.4 is 9.47 Å². The fraction of sp³-hybridized carbons (Fsp3) is 0.0741. The first-order chi connectivity index (χ1) is 14.8. The van der Waals surface area contributed by atoms with E-state index < -0.39 is 0 Å². The van der Waals surface area contributed by atoms with Gasteiger partial charge in [-0.1, -0.05) is 54.6 Å². The van der Waals surface area contributed by atoms with E-state index in [9.17, 15) is 0 Å². The van der Waals surface area contributed by atoms with Crippen LogP contribution in [0.1, 0.15) is 11.1 Å². The second kappa shape index (κ2) is 9.38. The number of rotatable bonds is 6. The van der Waals surface area contributed by atoms with Gasteiger partial charge in [0.2, 0.25) is 21.1 Å². The molecule has 0 aliphatic heterocycles. The fourth-order valence-electron chi connectivity index (χ4n) is 3.26. The lowest BCUT2D eigenvalue weighted by atomic mass is 10.1. The maximum absolute atomic E-state index is 5.43. The Bertz CT molecular complexity index is 1090. The van der Waals surface area contributed by atoms with Gasteiger partial charge in [0, 0.05) is 23.3 Å². The number of hydrogen-bond acceptors (Lipinski definition) is 2. The first-order valence-corrected chi connectivity index (χ1v) is 10.6. The van der Waals surface area contributed by atoms with Gasteiger partial charge in [0.25, 0.3) is 0 Å². The molecule has 0 saturated carbocycles. The Hall–Kier alpha value is -3.43. The predicted octanol–water partition coefficient (Wildman–Crippen LogP) is 7.55. The minimum atomic E-state index is 0.727. The van der Waals surface area contributed by atoms with E-state index in [1.807, 2.05) is 30.3 Å². The summed E-state index contributed by atoms with van der Waals surface area (Å²) in [5, 5.41) is 0. The van der Waals surface area contributed by atoms with Crippen molar-refractivity contribution in [2.45, 2.75) is 0 Å². The van der Waals surface area contributed by atoms with E-state index >= 15 is 0 Å². The monoisotopic (exact) mass is 411 g/mol. The highest BCUT2D eigenvalue weighted by atomic mass is 32.1. The van der Waals surface area contributed by atoms with Crippen molar-refractivity contribution in [1.29, 1.82) is 0 Å². The molecule has 0 atom stereocenters. The summed E-state index contributed by atoms with van der Waals surface area (Å²) in [6, 6.07) is 31.5. The maximum atomic E-state index is 5.43. The van der Waals surface area contributed by atoms with Gasteiger partial charge in [0.15, 0.2) is 11.5 Å². The molecule has 30 heavy (non-hydrogen) atoms. The van der Waals surface area contributed by atoms with Crippen LogP contribution in [0.5, 0.6) is 11.5 Å². The van der Waals surface area contributed by atoms with Crippen LogP contribution in [-0.2, 0) is 0 Å². The van der Waals surface area contributed by atoms with Crippen molar-refractivity contribution < 1.29 is 9.47 Å². The highest BCUT2D eigenvalue weighted by Gasteiger charge is 2.17.